The second-order valence-electron chi connectivity index (χ2n) is 8.58. The largest absolute Gasteiger partial charge is 0.334 e. The number of aromatic nitrogens is 1. The van der Waals surface area contributed by atoms with Crippen molar-refractivity contribution in [2.24, 2.45) is 0 Å². The van der Waals surface area contributed by atoms with Crippen molar-refractivity contribution >= 4 is 16.1 Å². The van der Waals surface area contributed by atoms with E-state index in [9.17, 15) is 18.0 Å². The molecule has 32 heavy (non-hydrogen) atoms. The first-order chi connectivity index (χ1) is 14.9. The predicted molar refractivity (Wildman–Crippen MR) is 124 cm³/mol. The smallest absolute Gasteiger partial charge is 0.317 e. The van der Waals surface area contributed by atoms with Gasteiger partial charge in [0.15, 0.2) is 0 Å². The maximum atomic E-state index is 13.4. The second-order valence-corrected chi connectivity index (χ2v) is 10.5. The fraction of sp³-hybridized carbons (Fsp3) is 0.478. The van der Waals surface area contributed by atoms with Crippen LogP contribution in [0.15, 0.2) is 21.8 Å². The lowest BCUT2D eigenvalue weighted by Gasteiger charge is -2.34. The Morgan fingerprint density at radius 3 is 2.03 bits per heavy atom. The maximum absolute atomic E-state index is 13.4. The SMILES string of the molecule is Cc1cc(C)c(CNC(=O)N2CCN(S(=O)(=O)c3c(C)c(C)cc(C)c3C)CC2)c(=O)[nH]1. The zero-order valence-electron chi connectivity index (χ0n) is 19.6. The number of carbonyl (C=O) groups excluding carboxylic acids is 1. The number of urea groups is 1. The molecule has 2 amide bonds. The second kappa shape index (κ2) is 9.07. The molecule has 3 rings (SSSR count). The van der Waals surface area contributed by atoms with Crippen LogP contribution in [0.4, 0.5) is 4.79 Å². The highest BCUT2D eigenvalue weighted by Crippen LogP contribution is 2.29. The van der Waals surface area contributed by atoms with Crippen molar-refractivity contribution in [3.8, 4) is 0 Å². The van der Waals surface area contributed by atoms with Gasteiger partial charge in [0, 0.05) is 37.4 Å². The molecule has 0 atom stereocenters. The number of amides is 2. The summed E-state index contributed by atoms with van der Waals surface area (Å²) in [5.41, 5.74) is 5.34. The number of piperazine rings is 1. The van der Waals surface area contributed by atoms with Gasteiger partial charge in [-0.15, -0.1) is 0 Å². The van der Waals surface area contributed by atoms with E-state index in [0.29, 0.717) is 10.5 Å². The molecule has 0 unspecified atom stereocenters. The Kier molecular flexibility index (Phi) is 6.80. The molecule has 0 radical (unpaired) electrons. The van der Waals surface area contributed by atoms with Crippen molar-refractivity contribution in [2.75, 3.05) is 26.2 Å². The lowest BCUT2D eigenvalue weighted by molar-refractivity contribution is 0.172. The van der Waals surface area contributed by atoms with Gasteiger partial charge in [-0.1, -0.05) is 6.07 Å². The molecule has 8 nitrogen and oxygen atoms in total. The van der Waals surface area contributed by atoms with Gasteiger partial charge in [0.1, 0.15) is 0 Å². The van der Waals surface area contributed by atoms with Crippen LogP contribution in [0.1, 0.15) is 39.1 Å². The Morgan fingerprint density at radius 1 is 0.938 bits per heavy atom. The number of benzene rings is 1. The lowest BCUT2D eigenvalue weighted by Crippen LogP contribution is -2.53. The standard InChI is InChI=1S/C23H32N4O4S/c1-14-11-15(2)19(6)21(18(14)5)32(30,31)27-9-7-26(8-10-27)23(29)24-13-20-16(3)12-17(4)25-22(20)28/h11-12H,7-10,13H2,1-6H3,(H,24,29)(H,25,28). The number of aryl methyl sites for hydroxylation is 4. The van der Waals surface area contributed by atoms with E-state index in [2.05, 4.69) is 10.3 Å². The molecule has 0 spiro atoms. The Labute approximate surface area is 189 Å². The number of pyridine rings is 1. The molecule has 174 valence electrons. The summed E-state index contributed by atoms with van der Waals surface area (Å²) in [5.74, 6) is 0. The van der Waals surface area contributed by atoms with Crippen molar-refractivity contribution < 1.29 is 13.2 Å². The highest BCUT2D eigenvalue weighted by Gasteiger charge is 2.33. The number of nitrogens with zero attached hydrogens (tertiary/aromatic N) is 2. The van der Waals surface area contributed by atoms with Crippen LogP contribution in [0.25, 0.3) is 0 Å². The van der Waals surface area contributed by atoms with Crippen molar-refractivity contribution in [1.82, 2.24) is 19.5 Å². The number of rotatable bonds is 4. The summed E-state index contributed by atoms with van der Waals surface area (Å²) >= 11 is 0. The highest BCUT2D eigenvalue weighted by molar-refractivity contribution is 7.89. The number of H-pyrrole nitrogens is 1. The maximum Gasteiger partial charge on any atom is 0.317 e. The summed E-state index contributed by atoms with van der Waals surface area (Å²) in [6.07, 6.45) is 0. The Hall–Kier alpha value is -2.65. The number of sulfonamides is 1. The van der Waals surface area contributed by atoms with Gasteiger partial charge in [-0.2, -0.15) is 4.31 Å². The fourth-order valence-corrected chi connectivity index (χ4v) is 6.20. The van der Waals surface area contributed by atoms with E-state index in [0.717, 1.165) is 33.5 Å². The van der Waals surface area contributed by atoms with Crippen LogP contribution in [-0.4, -0.2) is 54.8 Å². The molecule has 0 aliphatic carbocycles. The summed E-state index contributed by atoms with van der Waals surface area (Å²) in [6.45, 7) is 12.3. The van der Waals surface area contributed by atoms with Crippen molar-refractivity contribution in [3.63, 3.8) is 0 Å². The van der Waals surface area contributed by atoms with Gasteiger partial charge in [-0.25, -0.2) is 13.2 Å². The number of aromatic amines is 1. The topological polar surface area (TPSA) is 103 Å². The molecule has 1 aromatic carbocycles. The Bertz CT molecular complexity index is 1180. The Balaban J connectivity index is 1.68. The first-order valence-corrected chi connectivity index (χ1v) is 12.2. The van der Waals surface area contributed by atoms with Crippen molar-refractivity contribution in [2.45, 2.75) is 53.0 Å². The average molecular weight is 461 g/mol. The van der Waals surface area contributed by atoms with Gasteiger partial charge in [0.05, 0.1) is 11.4 Å². The molecular formula is C23H32N4O4S. The molecule has 9 heteroatoms. The van der Waals surface area contributed by atoms with Gasteiger partial charge in [0.25, 0.3) is 5.56 Å². The van der Waals surface area contributed by atoms with E-state index in [4.69, 9.17) is 0 Å². The molecule has 2 heterocycles. The minimum Gasteiger partial charge on any atom is -0.334 e. The van der Waals surface area contributed by atoms with Gasteiger partial charge >= 0.3 is 6.03 Å². The van der Waals surface area contributed by atoms with Crippen LogP contribution < -0.4 is 10.9 Å². The zero-order chi connectivity index (χ0) is 23.8. The van der Waals surface area contributed by atoms with Crippen LogP contribution in [0.5, 0.6) is 0 Å². The number of hydrogen-bond donors (Lipinski definition) is 2. The van der Waals surface area contributed by atoms with Gasteiger partial charge in [-0.3, -0.25) is 4.79 Å². The number of hydrogen-bond acceptors (Lipinski definition) is 4. The summed E-state index contributed by atoms with van der Waals surface area (Å²) < 4.78 is 28.2. The van der Waals surface area contributed by atoms with Crippen LogP contribution in [0, 0.1) is 41.5 Å². The van der Waals surface area contributed by atoms with E-state index >= 15 is 0 Å². The summed E-state index contributed by atoms with van der Waals surface area (Å²) in [5, 5.41) is 2.79. The van der Waals surface area contributed by atoms with E-state index < -0.39 is 10.0 Å². The summed E-state index contributed by atoms with van der Waals surface area (Å²) in [6, 6.07) is 3.57. The highest BCUT2D eigenvalue weighted by atomic mass is 32.2. The third-order valence-electron chi connectivity index (χ3n) is 6.33. The zero-order valence-corrected chi connectivity index (χ0v) is 20.4. The molecule has 1 aliphatic rings. The molecular weight excluding hydrogens is 428 g/mol. The quantitative estimate of drug-likeness (QED) is 0.732. The van der Waals surface area contributed by atoms with E-state index in [-0.39, 0.29) is 44.3 Å². The molecule has 0 saturated carbocycles. The first-order valence-electron chi connectivity index (χ1n) is 10.7. The normalized spacial score (nSPS) is 15.1. The van der Waals surface area contributed by atoms with E-state index in [1.807, 2.05) is 53.7 Å². The van der Waals surface area contributed by atoms with Crippen LogP contribution in [0.3, 0.4) is 0 Å². The van der Waals surface area contributed by atoms with Gasteiger partial charge in [-0.05, 0) is 75.4 Å². The molecule has 1 aliphatic heterocycles. The minimum absolute atomic E-state index is 0.125. The van der Waals surface area contributed by atoms with Crippen LogP contribution in [0.2, 0.25) is 0 Å². The summed E-state index contributed by atoms with van der Waals surface area (Å²) in [7, 11) is -3.66. The van der Waals surface area contributed by atoms with Gasteiger partial charge in [0.2, 0.25) is 10.0 Å². The average Bonchev–Trinajstić information content (AvgIpc) is 2.71. The van der Waals surface area contributed by atoms with E-state index in [1.54, 1.807) is 4.90 Å². The Morgan fingerprint density at radius 2 is 1.50 bits per heavy atom. The molecule has 1 fully saturated rings. The third-order valence-corrected chi connectivity index (χ3v) is 8.50. The first kappa shape index (κ1) is 24.0. The monoisotopic (exact) mass is 460 g/mol. The lowest BCUT2D eigenvalue weighted by atomic mass is 10.0. The third kappa shape index (κ3) is 4.59. The van der Waals surface area contributed by atoms with Crippen LogP contribution >= 0.6 is 0 Å². The molecule has 1 saturated heterocycles. The summed E-state index contributed by atoms with van der Waals surface area (Å²) in [4.78, 5) is 29.5. The number of nitrogens with one attached hydrogen (secondary N) is 2. The van der Waals surface area contributed by atoms with Crippen molar-refractivity contribution in [3.05, 3.63) is 61.6 Å². The predicted octanol–water partition coefficient (Wildman–Crippen LogP) is 2.44. The number of carbonyl (C=O) groups is 1. The minimum atomic E-state index is -3.66. The molecule has 1 aromatic heterocycles. The van der Waals surface area contributed by atoms with E-state index in [1.165, 1.54) is 4.31 Å². The van der Waals surface area contributed by atoms with Crippen molar-refractivity contribution in [1.29, 1.82) is 0 Å². The molecule has 2 aromatic rings. The molecule has 2 N–H and O–H groups in total. The molecule has 0 bridgehead atoms. The fourth-order valence-electron chi connectivity index (χ4n) is 4.21. The van der Waals surface area contributed by atoms with Crippen LogP contribution in [-0.2, 0) is 16.6 Å². The van der Waals surface area contributed by atoms with Gasteiger partial charge < -0.3 is 15.2 Å².